The van der Waals surface area contributed by atoms with Gasteiger partial charge in [0.1, 0.15) is 0 Å². The van der Waals surface area contributed by atoms with Crippen molar-refractivity contribution in [1.29, 1.82) is 0 Å². The van der Waals surface area contributed by atoms with E-state index in [-0.39, 0.29) is 49.6 Å². The van der Waals surface area contributed by atoms with Gasteiger partial charge in [0, 0.05) is 6.04 Å². The van der Waals surface area contributed by atoms with Gasteiger partial charge in [-0.2, -0.15) is 0 Å². The normalized spacial score (nSPS) is 12.0. The minimum Gasteiger partial charge on any atom is -0.330 e. The van der Waals surface area contributed by atoms with Crippen molar-refractivity contribution >= 4 is 49.6 Å². The largest absolute Gasteiger partial charge is 0.330 e. The van der Waals surface area contributed by atoms with Gasteiger partial charge in [0.15, 0.2) is 0 Å². The number of unbranched alkanes of at least 4 members (excludes halogenated alkanes) is 1. The number of hydrogen-bond acceptors (Lipinski definition) is 3. The Bertz CT molecular complexity index is 142. The summed E-state index contributed by atoms with van der Waals surface area (Å²) in [6, 6.07) is 0.635. The van der Waals surface area contributed by atoms with E-state index in [1.807, 2.05) is 0 Å². The Balaban J connectivity index is -0.000000163. The molecule has 0 fully saturated rings. The standard InChI is InChI=1S/C12H29N3.4ClH/c1-3-6-12(15-2)11(8-10-14)7-4-5-9-13;;;;/h11-12,15H,3-10,13-14H2,1-2H3;4*1H. The van der Waals surface area contributed by atoms with Crippen LogP contribution in [0, 0.1) is 5.92 Å². The molecule has 2 atom stereocenters. The third-order valence-corrected chi connectivity index (χ3v) is 3.11. The Morgan fingerprint density at radius 1 is 0.842 bits per heavy atom. The summed E-state index contributed by atoms with van der Waals surface area (Å²) in [5.74, 6) is 0.728. The lowest BCUT2D eigenvalue weighted by atomic mass is 9.88. The van der Waals surface area contributed by atoms with E-state index in [2.05, 4.69) is 19.3 Å². The van der Waals surface area contributed by atoms with E-state index in [0.717, 1.165) is 31.8 Å². The summed E-state index contributed by atoms with van der Waals surface area (Å²) < 4.78 is 0. The van der Waals surface area contributed by atoms with E-state index >= 15 is 0 Å². The van der Waals surface area contributed by atoms with Crippen LogP contribution in [0.15, 0.2) is 0 Å². The molecule has 0 amide bonds. The fourth-order valence-corrected chi connectivity index (χ4v) is 2.24. The van der Waals surface area contributed by atoms with E-state index in [1.54, 1.807) is 0 Å². The van der Waals surface area contributed by atoms with Crippen LogP contribution in [0.1, 0.15) is 45.4 Å². The van der Waals surface area contributed by atoms with E-state index < -0.39 is 0 Å². The molecule has 0 radical (unpaired) electrons. The van der Waals surface area contributed by atoms with E-state index in [9.17, 15) is 0 Å². The molecule has 0 aliphatic heterocycles. The van der Waals surface area contributed by atoms with Gasteiger partial charge in [0.2, 0.25) is 0 Å². The Morgan fingerprint density at radius 3 is 1.79 bits per heavy atom. The van der Waals surface area contributed by atoms with Crippen molar-refractivity contribution in [3.8, 4) is 0 Å². The maximum atomic E-state index is 5.67. The topological polar surface area (TPSA) is 64.1 Å². The van der Waals surface area contributed by atoms with Crippen molar-refractivity contribution in [3.63, 3.8) is 0 Å². The molecule has 5 N–H and O–H groups in total. The van der Waals surface area contributed by atoms with Gasteiger partial charge >= 0.3 is 0 Å². The highest BCUT2D eigenvalue weighted by molar-refractivity contribution is 5.86. The van der Waals surface area contributed by atoms with Gasteiger partial charge in [-0.15, -0.1) is 49.6 Å². The Morgan fingerprint density at radius 2 is 1.42 bits per heavy atom. The summed E-state index contributed by atoms with van der Waals surface area (Å²) in [5, 5.41) is 3.43. The number of nitrogens with two attached hydrogens (primary N) is 2. The van der Waals surface area contributed by atoms with Crippen LogP contribution in [0.5, 0.6) is 0 Å². The van der Waals surface area contributed by atoms with Crippen molar-refractivity contribution in [3.05, 3.63) is 0 Å². The van der Waals surface area contributed by atoms with Gasteiger partial charge in [0.05, 0.1) is 0 Å². The van der Waals surface area contributed by atoms with Crippen molar-refractivity contribution in [2.75, 3.05) is 20.1 Å². The summed E-state index contributed by atoms with van der Waals surface area (Å²) in [7, 11) is 2.06. The molecule has 0 bridgehead atoms. The molecule has 3 nitrogen and oxygen atoms in total. The number of halogens is 4. The predicted octanol–water partition coefficient (Wildman–Crippen LogP) is 3.16. The lowest BCUT2D eigenvalue weighted by Crippen LogP contribution is -2.34. The third kappa shape index (κ3) is 17.0. The fraction of sp³-hybridized carbons (Fsp3) is 1.00. The van der Waals surface area contributed by atoms with Gasteiger partial charge in [-0.3, -0.25) is 0 Å². The number of rotatable bonds is 10. The van der Waals surface area contributed by atoms with Gasteiger partial charge in [-0.25, -0.2) is 0 Å². The zero-order chi connectivity index (χ0) is 11.5. The first kappa shape index (κ1) is 32.1. The Hall–Kier alpha value is 1.04. The van der Waals surface area contributed by atoms with Crippen LogP contribution in [-0.4, -0.2) is 26.2 Å². The average Bonchev–Trinajstić information content (AvgIpc) is 2.25. The van der Waals surface area contributed by atoms with Crippen LogP contribution in [0.25, 0.3) is 0 Å². The van der Waals surface area contributed by atoms with Crippen molar-refractivity contribution in [1.82, 2.24) is 5.32 Å². The predicted molar refractivity (Wildman–Crippen MR) is 96.8 cm³/mol. The third-order valence-electron chi connectivity index (χ3n) is 3.11. The molecule has 0 spiro atoms. The second-order valence-corrected chi connectivity index (χ2v) is 4.31. The highest BCUT2D eigenvalue weighted by atomic mass is 35.5. The molecule has 0 rings (SSSR count). The van der Waals surface area contributed by atoms with Gasteiger partial charge < -0.3 is 16.8 Å². The van der Waals surface area contributed by atoms with Gasteiger partial charge in [-0.05, 0) is 51.7 Å². The van der Waals surface area contributed by atoms with Crippen LogP contribution in [-0.2, 0) is 0 Å². The second kappa shape index (κ2) is 24.1. The maximum absolute atomic E-state index is 5.67. The number of hydrogen-bond donors (Lipinski definition) is 3. The van der Waals surface area contributed by atoms with Crippen LogP contribution >= 0.6 is 49.6 Å². The lowest BCUT2D eigenvalue weighted by Gasteiger charge is -2.26. The molecule has 0 aromatic rings. The summed E-state index contributed by atoms with van der Waals surface area (Å²) in [5.41, 5.74) is 11.2. The first-order chi connectivity index (χ1) is 7.29. The molecule has 0 aromatic heterocycles. The monoisotopic (exact) mass is 359 g/mol. The van der Waals surface area contributed by atoms with Gasteiger partial charge in [0.25, 0.3) is 0 Å². The summed E-state index contributed by atoms with van der Waals surface area (Å²) in [4.78, 5) is 0. The van der Waals surface area contributed by atoms with Crippen molar-refractivity contribution < 1.29 is 0 Å². The molecule has 2 unspecified atom stereocenters. The smallest absolute Gasteiger partial charge is 0.00926 e. The average molecular weight is 361 g/mol. The molecule has 7 heteroatoms. The highest BCUT2D eigenvalue weighted by Gasteiger charge is 2.17. The SMILES string of the molecule is CCCC(NC)C(CCN)CCCCN.Cl.Cl.Cl.Cl. The molecule has 0 aromatic carbocycles. The molecule has 0 heterocycles. The van der Waals surface area contributed by atoms with Crippen LogP contribution < -0.4 is 16.8 Å². The number of nitrogens with one attached hydrogen (secondary N) is 1. The fourth-order valence-electron chi connectivity index (χ4n) is 2.24. The molecule has 124 valence electrons. The minimum absolute atomic E-state index is 0. The second-order valence-electron chi connectivity index (χ2n) is 4.31. The maximum Gasteiger partial charge on any atom is 0.00926 e. The molecule has 0 saturated carbocycles. The molecule has 0 aliphatic carbocycles. The lowest BCUT2D eigenvalue weighted by molar-refractivity contribution is 0.309. The van der Waals surface area contributed by atoms with E-state index in [1.165, 1.54) is 25.7 Å². The summed E-state index contributed by atoms with van der Waals surface area (Å²) in [6.45, 7) is 3.85. The van der Waals surface area contributed by atoms with Crippen molar-refractivity contribution in [2.24, 2.45) is 17.4 Å². The first-order valence-corrected chi connectivity index (χ1v) is 6.37. The first-order valence-electron chi connectivity index (χ1n) is 6.37. The minimum atomic E-state index is 0. The highest BCUT2D eigenvalue weighted by Crippen LogP contribution is 2.19. The zero-order valence-corrected chi connectivity index (χ0v) is 15.4. The Labute approximate surface area is 144 Å². The molecule has 0 saturated heterocycles. The summed E-state index contributed by atoms with van der Waals surface area (Å²) >= 11 is 0. The molecular weight excluding hydrogens is 328 g/mol. The van der Waals surface area contributed by atoms with Crippen LogP contribution in [0.4, 0.5) is 0 Å². The zero-order valence-electron chi connectivity index (χ0n) is 12.1. The molecule has 19 heavy (non-hydrogen) atoms. The van der Waals surface area contributed by atoms with Gasteiger partial charge in [-0.1, -0.05) is 19.8 Å². The van der Waals surface area contributed by atoms with Crippen LogP contribution in [0.3, 0.4) is 0 Å². The molecule has 0 aliphatic rings. The van der Waals surface area contributed by atoms with Crippen molar-refractivity contribution in [2.45, 2.75) is 51.5 Å². The van der Waals surface area contributed by atoms with E-state index in [0.29, 0.717) is 6.04 Å². The van der Waals surface area contributed by atoms with E-state index in [4.69, 9.17) is 11.5 Å². The summed E-state index contributed by atoms with van der Waals surface area (Å²) in [6.07, 6.45) is 7.27. The molecular formula is C12H33Cl4N3. The van der Waals surface area contributed by atoms with Crippen LogP contribution in [0.2, 0.25) is 0 Å². The quantitative estimate of drug-likeness (QED) is 0.524. The Kier molecular flexibility index (Phi) is 40.7.